The number of ether oxygens (including phenoxy) is 1. The van der Waals surface area contributed by atoms with Crippen LogP contribution in [-0.2, 0) is 16.8 Å². The molecule has 1 aromatic rings. The molecule has 1 atom stereocenters. The van der Waals surface area contributed by atoms with E-state index in [1.54, 1.807) is 6.07 Å². The molecular weight excluding hydrogens is 258 g/mol. The highest BCUT2D eigenvalue weighted by Gasteiger charge is 2.60. The number of rotatable bonds is 3. The van der Waals surface area contributed by atoms with Gasteiger partial charge in [0.05, 0.1) is 7.11 Å². The monoisotopic (exact) mass is 272 g/mol. The number of carbonyl (C=O) groups is 1. The summed E-state index contributed by atoms with van der Waals surface area (Å²) in [5.41, 5.74) is -2.21. The third kappa shape index (κ3) is 1.96. The Hall–Kier alpha value is -1.69. The Labute approximate surface area is 108 Å². The van der Waals surface area contributed by atoms with Gasteiger partial charge in [-0.1, -0.05) is 6.07 Å². The molecule has 0 amide bonds. The zero-order valence-electron chi connectivity index (χ0n) is 10.3. The van der Waals surface area contributed by atoms with Crippen molar-refractivity contribution in [3.05, 3.63) is 29.3 Å². The molecule has 2 rings (SSSR count). The maximum absolute atomic E-state index is 13.8. The molecule has 2 N–H and O–H groups in total. The summed E-state index contributed by atoms with van der Waals surface area (Å²) in [6.07, 6.45) is 0.510. The van der Waals surface area contributed by atoms with Crippen molar-refractivity contribution in [3.8, 4) is 5.75 Å². The fourth-order valence-corrected chi connectivity index (χ4v) is 2.48. The van der Waals surface area contributed by atoms with E-state index in [1.807, 2.05) is 0 Å². The fraction of sp³-hybridized carbons (Fsp3) is 0.462. The van der Waals surface area contributed by atoms with E-state index in [4.69, 9.17) is 9.84 Å². The molecule has 104 valence electrons. The van der Waals surface area contributed by atoms with E-state index in [9.17, 15) is 18.7 Å². The van der Waals surface area contributed by atoms with Crippen molar-refractivity contribution in [1.29, 1.82) is 0 Å². The van der Waals surface area contributed by atoms with E-state index in [1.165, 1.54) is 19.2 Å². The van der Waals surface area contributed by atoms with Gasteiger partial charge in [0.25, 0.3) is 0 Å². The molecule has 0 spiro atoms. The average molecular weight is 272 g/mol. The minimum atomic E-state index is -4.23. The van der Waals surface area contributed by atoms with Crippen LogP contribution in [0.15, 0.2) is 18.2 Å². The first-order valence-electron chi connectivity index (χ1n) is 5.84. The molecule has 1 aliphatic rings. The molecule has 1 unspecified atom stereocenters. The minimum Gasteiger partial charge on any atom is -0.497 e. The van der Waals surface area contributed by atoms with Gasteiger partial charge in [-0.05, 0) is 42.5 Å². The van der Waals surface area contributed by atoms with Gasteiger partial charge < -0.3 is 14.9 Å². The molecular formula is C13H14F2O4. The van der Waals surface area contributed by atoms with E-state index in [-0.39, 0.29) is 12.0 Å². The number of hydrogen-bond donors (Lipinski definition) is 2. The number of carboxylic acid groups (broad SMARTS) is 1. The Kier molecular flexibility index (Phi) is 3.22. The zero-order valence-corrected chi connectivity index (χ0v) is 10.3. The number of fused-ring (bicyclic) bond motifs is 1. The second-order valence-electron chi connectivity index (χ2n) is 4.62. The molecule has 0 fully saturated rings. The molecule has 0 aromatic heterocycles. The van der Waals surface area contributed by atoms with Gasteiger partial charge >= 0.3 is 11.9 Å². The number of aliphatic hydroxyl groups is 1. The topological polar surface area (TPSA) is 66.8 Å². The van der Waals surface area contributed by atoms with Crippen LogP contribution in [0.25, 0.3) is 0 Å². The Morgan fingerprint density at radius 2 is 2.16 bits per heavy atom. The van der Waals surface area contributed by atoms with Crippen molar-refractivity contribution in [1.82, 2.24) is 0 Å². The van der Waals surface area contributed by atoms with Gasteiger partial charge in [0, 0.05) is 0 Å². The number of hydrogen-bond acceptors (Lipinski definition) is 3. The van der Waals surface area contributed by atoms with Crippen LogP contribution >= 0.6 is 0 Å². The maximum Gasteiger partial charge on any atom is 0.378 e. The van der Waals surface area contributed by atoms with Gasteiger partial charge in [-0.25, -0.2) is 4.79 Å². The van der Waals surface area contributed by atoms with Gasteiger partial charge in [-0.2, -0.15) is 8.78 Å². The largest absolute Gasteiger partial charge is 0.497 e. The van der Waals surface area contributed by atoms with E-state index < -0.39 is 17.5 Å². The van der Waals surface area contributed by atoms with Crippen LogP contribution in [0.5, 0.6) is 5.75 Å². The highest BCUT2D eigenvalue weighted by molar-refractivity contribution is 5.78. The molecule has 0 saturated carbocycles. The maximum atomic E-state index is 13.8. The summed E-state index contributed by atoms with van der Waals surface area (Å²) >= 11 is 0. The number of alkyl halides is 2. The summed E-state index contributed by atoms with van der Waals surface area (Å²) in [4.78, 5) is 10.7. The Bertz CT molecular complexity index is 515. The molecule has 0 radical (unpaired) electrons. The van der Waals surface area contributed by atoms with Crippen LogP contribution in [0.2, 0.25) is 0 Å². The molecule has 0 bridgehead atoms. The lowest BCUT2D eigenvalue weighted by molar-refractivity contribution is -0.216. The second-order valence-corrected chi connectivity index (χ2v) is 4.62. The number of benzene rings is 1. The minimum absolute atomic E-state index is 0.0352. The fourth-order valence-electron chi connectivity index (χ4n) is 2.48. The number of aliphatic carboxylic acids is 1. The quantitative estimate of drug-likeness (QED) is 0.882. The van der Waals surface area contributed by atoms with Crippen LogP contribution in [0.4, 0.5) is 8.78 Å². The van der Waals surface area contributed by atoms with Gasteiger partial charge in [-0.15, -0.1) is 0 Å². The molecule has 4 nitrogen and oxygen atoms in total. The lowest BCUT2D eigenvalue weighted by Gasteiger charge is -2.38. The second kappa shape index (κ2) is 4.45. The van der Waals surface area contributed by atoms with Gasteiger partial charge in [0.15, 0.2) is 5.60 Å². The SMILES string of the molecule is COc1ccc2c(c1)CCCC2(O)C(F)(F)C(=O)O. The van der Waals surface area contributed by atoms with Crippen molar-refractivity contribution in [2.45, 2.75) is 30.8 Å². The molecule has 0 heterocycles. The van der Waals surface area contributed by atoms with Crippen molar-refractivity contribution in [2.24, 2.45) is 0 Å². The lowest BCUT2D eigenvalue weighted by atomic mass is 9.75. The predicted molar refractivity (Wildman–Crippen MR) is 62.4 cm³/mol. The normalized spacial score (nSPS) is 22.7. The summed E-state index contributed by atoms with van der Waals surface area (Å²) in [7, 11) is 1.45. The molecule has 19 heavy (non-hydrogen) atoms. The van der Waals surface area contributed by atoms with Crippen LogP contribution in [0.3, 0.4) is 0 Å². The summed E-state index contributed by atoms with van der Waals surface area (Å²) in [5.74, 6) is -6.06. The standard InChI is InChI=1S/C13H14F2O4/c1-19-9-4-5-10-8(7-9)3-2-6-12(10,18)13(14,15)11(16)17/h4-5,7,18H,2-3,6H2,1H3,(H,16,17). The number of carboxylic acids is 1. The van der Waals surface area contributed by atoms with Crippen molar-refractivity contribution in [2.75, 3.05) is 7.11 Å². The van der Waals surface area contributed by atoms with E-state index >= 15 is 0 Å². The molecule has 0 aliphatic heterocycles. The smallest absolute Gasteiger partial charge is 0.378 e. The molecule has 6 heteroatoms. The molecule has 0 saturated heterocycles. The first kappa shape index (κ1) is 13.7. The van der Waals surface area contributed by atoms with E-state index in [2.05, 4.69) is 0 Å². The predicted octanol–water partition coefficient (Wildman–Crippen LogP) is 1.94. The third-order valence-corrected chi connectivity index (χ3v) is 3.53. The molecule has 1 aromatic carbocycles. The summed E-state index contributed by atoms with van der Waals surface area (Å²) in [6.45, 7) is 0. The van der Waals surface area contributed by atoms with Crippen molar-refractivity contribution < 1.29 is 28.5 Å². The highest BCUT2D eigenvalue weighted by Crippen LogP contribution is 2.46. The van der Waals surface area contributed by atoms with Crippen LogP contribution in [0, 0.1) is 0 Å². The van der Waals surface area contributed by atoms with Crippen molar-refractivity contribution >= 4 is 5.97 Å². The van der Waals surface area contributed by atoms with E-state index in [0.717, 1.165) is 0 Å². The summed E-state index contributed by atoms with van der Waals surface area (Å²) in [5, 5.41) is 18.9. The Balaban J connectivity index is 2.56. The Morgan fingerprint density at radius 1 is 1.47 bits per heavy atom. The lowest BCUT2D eigenvalue weighted by Crippen LogP contribution is -2.52. The van der Waals surface area contributed by atoms with Gasteiger partial charge in [-0.3, -0.25) is 0 Å². The summed E-state index contributed by atoms with van der Waals surface area (Å²) in [6, 6.07) is 4.30. The highest BCUT2D eigenvalue weighted by atomic mass is 19.3. The third-order valence-electron chi connectivity index (χ3n) is 3.53. The number of aryl methyl sites for hydroxylation is 1. The van der Waals surface area contributed by atoms with Crippen molar-refractivity contribution in [3.63, 3.8) is 0 Å². The Morgan fingerprint density at radius 3 is 2.74 bits per heavy atom. The van der Waals surface area contributed by atoms with Gasteiger partial charge in [0.1, 0.15) is 5.75 Å². The average Bonchev–Trinajstić information content (AvgIpc) is 2.38. The zero-order chi connectivity index (χ0) is 14.3. The molecule has 1 aliphatic carbocycles. The summed E-state index contributed by atoms with van der Waals surface area (Å²) < 4.78 is 32.6. The number of methoxy groups -OCH3 is 1. The number of halogens is 2. The first-order chi connectivity index (χ1) is 8.83. The van der Waals surface area contributed by atoms with E-state index in [0.29, 0.717) is 24.2 Å². The first-order valence-corrected chi connectivity index (χ1v) is 5.84. The van der Waals surface area contributed by atoms with Gasteiger partial charge in [0.2, 0.25) is 0 Å². The van der Waals surface area contributed by atoms with Crippen LogP contribution in [0.1, 0.15) is 24.0 Å². The van der Waals surface area contributed by atoms with Crippen LogP contribution in [-0.4, -0.2) is 29.2 Å². The van der Waals surface area contributed by atoms with Crippen LogP contribution < -0.4 is 4.74 Å².